The van der Waals surface area contributed by atoms with Crippen LogP contribution in [-0.4, -0.2) is 28.7 Å². The summed E-state index contributed by atoms with van der Waals surface area (Å²) in [5.74, 6) is -1.32. The Morgan fingerprint density at radius 1 is 1.17 bits per heavy atom. The third-order valence-corrected chi connectivity index (χ3v) is 5.74. The molecule has 0 atom stereocenters. The number of carbonyl (C=O) groups is 2. The van der Waals surface area contributed by atoms with Crippen molar-refractivity contribution in [1.29, 1.82) is 0 Å². The minimum Gasteiger partial charge on any atom is -0.478 e. The van der Waals surface area contributed by atoms with E-state index in [1.54, 1.807) is 42.3 Å². The van der Waals surface area contributed by atoms with Gasteiger partial charge in [-0.25, -0.2) is 4.79 Å². The standard InChI is InChI=1S/C22H18Cl2O5S/c1-22(2,21(26)27)29-20-15(23)10-12(11-16(20)24)4-6-17(25)13-5-7-18(30-3)14-8-9-28-19(13)14/h4-11H,1-3H3,(H,26,27)/b6-4+. The molecule has 2 aromatic carbocycles. The molecule has 156 valence electrons. The van der Waals surface area contributed by atoms with Crippen LogP contribution in [0.3, 0.4) is 0 Å². The molecule has 30 heavy (non-hydrogen) atoms. The van der Waals surface area contributed by atoms with Crippen molar-refractivity contribution in [3.63, 3.8) is 0 Å². The SMILES string of the molecule is CSc1ccc(C(=O)/C=C/c2cc(Cl)c(OC(C)(C)C(=O)O)c(Cl)c2)c2occc12. The van der Waals surface area contributed by atoms with Crippen molar-refractivity contribution >= 4 is 63.8 Å². The summed E-state index contributed by atoms with van der Waals surface area (Å²) in [5.41, 5.74) is 0.0460. The fourth-order valence-corrected chi connectivity index (χ4v) is 3.91. The molecule has 3 rings (SSSR count). The molecule has 0 unspecified atom stereocenters. The number of hydrogen-bond donors (Lipinski definition) is 1. The number of benzene rings is 2. The van der Waals surface area contributed by atoms with Crippen LogP contribution < -0.4 is 4.74 Å². The number of carboxylic acid groups (broad SMARTS) is 1. The second-order valence-electron chi connectivity index (χ2n) is 6.91. The topological polar surface area (TPSA) is 76.7 Å². The third kappa shape index (κ3) is 4.51. The number of hydrogen-bond acceptors (Lipinski definition) is 5. The summed E-state index contributed by atoms with van der Waals surface area (Å²) in [5, 5.41) is 10.4. The quantitative estimate of drug-likeness (QED) is 0.241. The van der Waals surface area contributed by atoms with Gasteiger partial charge in [-0.15, -0.1) is 11.8 Å². The van der Waals surface area contributed by atoms with Crippen LogP contribution in [0.25, 0.3) is 17.0 Å². The molecule has 3 aromatic rings. The van der Waals surface area contributed by atoms with E-state index in [2.05, 4.69) is 0 Å². The first kappa shape index (κ1) is 22.3. The van der Waals surface area contributed by atoms with E-state index in [0.717, 1.165) is 10.3 Å². The summed E-state index contributed by atoms with van der Waals surface area (Å²) < 4.78 is 11.0. The van der Waals surface area contributed by atoms with Gasteiger partial charge >= 0.3 is 5.97 Å². The number of carboxylic acids is 1. The van der Waals surface area contributed by atoms with Gasteiger partial charge in [0.05, 0.1) is 21.9 Å². The zero-order valence-corrected chi connectivity index (χ0v) is 18.7. The van der Waals surface area contributed by atoms with Crippen LogP contribution in [0, 0.1) is 0 Å². The zero-order chi connectivity index (χ0) is 22.1. The first-order chi connectivity index (χ1) is 14.1. The van der Waals surface area contributed by atoms with E-state index >= 15 is 0 Å². The molecule has 0 radical (unpaired) electrons. The lowest BCUT2D eigenvalue weighted by atomic mass is 10.1. The highest BCUT2D eigenvalue weighted by Gasteiger charge is 2.31. The summed E-state index contributed by atoms with van der Waals surface area (Å²) in [6.07, 6.45) is 6.49. The monoisotopic (exact) mass is 464 g/mol. The Bertz CT molecular complexity index is 1140. The van der Waals surface area contributed by atoms with Gasteiger partial charge < -0.3 is 14.3 Å². The van der Waals surface area contributed by atoms with E-state index in [1.165, 1.54) is 19.9 Å². The molecule has 0 saturated heterocycles. The molecular weight excluding hydrogens is 447 g/mol. The van der Waals surface area contributed by atoms with E-state index < -0.39 is 11.6 Å². The summed E-state index contributed by atoms with van der Waals surface area (Å²) in [7, 11) is 0. The summed E-state index contributed by atoms with van der Waals surface area (Å²) in [6.45, 7) is 2.79. The molecule has 0 bridgehead atoms. The van der Waals surface area contributed by atoms with Gasteiger partial charge in [0, 0.05) is 10.3 Å². The minimum absolute atomic E-state index is 0.0687. The number of ether oxygens (including phenoxy) is 1. The number of aliphatic carboxylic acids is 1. The van der Waals surface area contributed by atoms with Gasteiger partial charge in [0.15, 0.2) is 17.1 Å². The van der Waals surface area contributed by atoms with Crippen LogP contribution in [0.15, 0.2) is 52.0 Å². The molecule has 0 saturated carbocycles. The number of ketones is 1. The van der Waals surface area contributed by atoms with Crippen LogP contribution in [0.1, 0.15) is 29.8 Å². The summed E-state index contributed by atoms with van der Waals surface area (Å²) in [6, 6.07) is 8.54. The summed E-state index contributed by atoms with van der Waals surface area (Å²) in [4.78, 5) is 25.0. The Morgan fingerprint density at radius 3 is 2.43 bits per heavy atom. The largest absolute Gasteiger partial charge is 0.478 e. The Hall–Kier alpha value is -2.41. The first-order valence-corrected chi connectivity index (χ1v) is 10.8. The van der Waals surface area contributed by atoms with Crippen molar-refractivity contribution in [2.75, 3.05) is 6.26 Å². The van der Waals surface area contributed by atoms with Crippen molar-refractivity contribution in [3.8, 4) is 5.75 Å². The smallest absolute Gasteiger partial charge is 0.347 e. The fraction of sp³-hybridized carbons (Fsp3) is 0.182. The van der Waals surface area contributed by atoms with Gasteiger partial charge in [-0.2, -0.15) is 0 Å². The molecule has 0 aliphatic rings. The number of carbonyl (C=O) groups excluding carboxylic acids is 1. The number of allylic oxidation sites excluding steroid dienone is 1. The number of halogens is 2. The molecular formula is C22H18Cl2O5S. The highest BCUT2D eigenvalue weighted by molar-refractivity contribution is 7.98. The fourth-order valence-electron chi connectivity index (χ4n) is 2.74. The zero-order valence-electron chi connectivity index (χ0n) is 16.4. The Morgan fingerprint density at radius 2 is 1.83 bits per heavy atom. The van der Waals surface area contributed by atoms with Crippen LogP contribution in [-0.2, 0) is 4.79 Å². The molecule has 1 aromatic heterocycles. The lowest BCUT2D eigenvalue weighted by Gasteiger charge is -2.23. The maximum atomic E-state index is 12.7. The third-order valence-electron chi connectivity index (χ3n) is 4.38. The van der Waals surface area contributed by atoms with E-state index in [-0.39, 0.29) is 21.6 Å². The van der Waals surface area contributed by atoms with Crippen molar-refractivity contribution in [2.24, 2.45) is 0 Å². The average molecular weight is 465 g/mol. The molecule has 0 fully saturated rings. The molecule has 0 aliphatic carbocycles. The van der Waals surface area contributed by atoms with Gasteiger partial charge in [0.2, 0.25) is 0 Å². The lowest BCUT2D eigenvalue weighted by molar-refractivity contribution is -0.152. The van der Waals surface area contributed by atoms with Crippen molar-refractivity contribution in [2.45, 2.75) is 24.3 Å². The lowest BCUT2D eigenvalue weighted by Crippen LogP contribution is -2.38. The number of furan rings is 1. The molecule has 1 heterocycles. The molecule has 0 spiro atoms. The molecule has 5 nitrogen and oxygen atoms in total. The van der Waals surface area contributed by atoms with Gasteiger partial charge in [0.1, 0.15) is 5.58 Å². The maximum Gasteiger partial charge on any atom is 0.347 e. The van der Waals surface area contributed by atoms with E-state index in [0.29, 0.717) is 16.7 Å². The Balaban J connectivity index is 1.87. The van der Waals surface area contributed by atoms with E-state index in [9.17, 15) is 14.7 Å². The predicted octanol–water partition coefficient (Wildman–Crippen LogP) is 6.60. The van der Waals surface area contributed by atoms with Crippen LogP contribution in [0.5, 0.6) is 5.75 Å². The van der Waals surface area contributed by atoms with Gasteiger partial charge in [0.25, 0.3) is 0 Å². The molecule has 1 N–H and O–H groups in total. The maximum absolute atomic E-state index is 12.7. The molecule has 0 amide bonds. The van der Waals surface area contributed by atoms with Crippen molar-refractivity contribution in [3.05, 3.63) is 63.8 Å². The predicted molar refractivity (Wildman–Crippen MR) is 120 cm³/mol. The minimum atomic E-state index is -1.50. The van der Waals surface area contributed by atoms with Gasteiger partial charge in [-0.05, 0) is 62.1 Å². The van der Waals surface area contributed by atoms with Crippen LogP contribution in [0.4, 0.5) is 0 Å². The van der Waals surface area contributed by atoms with Gasteiger partial charge in [-0.1, -0.05) is 29.3 Å². The van der Waals surface area contributed by atoms with Crippen LogP contribution >= 0.6 is 35.0 Å². The Kier molecular flexibility index (Phi) is 6.50. The summed E-state index contributed by atoms with van der Waals surface area (Å²) >= 11 is 14.0. The second kappa shape index (κ2) is 8.76. The number of fused-ring (bicyclic) bond motifs is 1. The van der Waals surface area contributed by atoms with E-state index in [1.807, 2.05) is 18.4 Å². The normalized spacial score (nSPS) is 11.9. The molecule has 0 aliphatic heterocycles. The average Bonchev–Trinajstić information content (AvgIpc) is 3.18. The van der Waals surface area contributed by atoms with Crippen LogP contribution in [0.2, 0.25) is 10.0 Å². The highest BCUT2D eigenvalue weighted by Crippen LogP contribution is 2.37. The van der Waals surface area contributed by atoms with Crippen molar-refractivity contribution < 1.29 is 23.8 Å². The van der Waals surface area contributed by atoms with Gasteiger partial charge in [-0.3, -0.25) is 4.79 Å². The second-order valence-corrected chi connectivity index (χ2v) is 8.57. The van der Waals surface area contributed by atoms with Crippen molar-refractivity contribution in [1.82, 2.24) is 0 Å². The first-order valence-electron chi connectivity index (χ1n) is 8.82. The molecule has 8 heteroatoms. The Labute approximate surface area is 187 Å². The highest BCUT2D eigenvalue weighted by atomic mass is 35.5. The van der Waals surface area contributed by atoms with E-state index in [4.69, 9.17) is 32.4 Å². The number of rotatable bonds is 7. The number of thioether (sulfide) groups is 1.